The summed E-state index contributed by atoms with van der Waals surface area (Å²) in [5.74, 6) is -7.25. The number of carbonyl (C=O) groups is 3. The number of phenols is 1. The Kier molecular flexibility index (Phi) is 7.54. The van der Waals surface area contributed by atoms with E-state index in [-0.39, 0.29) is 29.2 Å². The van der Waals surface area contributed by atoms with Crippen molar-refractivity contribution >= 4 is 17.5 Å². The molecule has 1 amide bonds. The predicted molar refractivity (Wildman–Crippen MR) is 144 cm³/mol. The first-order valence-electron chi connectivity index (χ1n) is 13.2. The monoisotopic (exact) mass is 541 g/mol. The van der Waals surface area contributed by atoms with Gasteiger partial charge in [0.25, 0.3) is 0 Å². The molecule has 0 saturated heterocycles. The van der Waals surface area contributed by atoms with Crippen LogP contribution >= 0.6 is 0 Å². The number of aliphatic hydroxyl groups excluding tert-OH is 2. The average Bonchev–Trinajstić information content (AvgIpc) is 2.82. The lowest BCUT2D eigenvalue weighted by Gasteiger charge is -2.53. The number of hydrogen-bond acceptors (Lipinski definition) is 9. The molecule has 1 aromatic carbocycles. The van der Waals surface area contributed by atoms with Gasteiger partial charge in [-0.2, -0.15) is 0 Å². The van der Waals surface area contributed by atoms with Crippen LogP contribution < -0.4 is 5.73 Å². The highest BCUT2D eigenvalue weighted by Gasteiger charge is 2.66. The van der Waals surface area contributed by atoms with Gasteiger partial charge in [0.15, 0.2) is 17.2 Å². The highest BCUT2D eigenvalue weighted by molar-refractivity contribution is 6.15. The minimum absolute atomic E-state index is 0.0270. The molecular formula is C29H39N3O7. The Morgan fingerprint density at radius 3 is 2.44 bits per heavy atom. The quantitative estimate of drug-likeness (QED) is 0.250. The summed E-state index contributed by atoms with van der Waals surface area (Å²) in [6.07, 6.45) is 0.622. The Morgan fingerprint density at radius 1 is 1.26 bits per heavy atom. The summed E-state index contributed by atoms with van der Waals surface area (Å²) < 4.78 is 0. The summed E-state index contributed by atoms with van der Waals surface area (Å²) in [4.78, 5) is 43.3. The number of likely N-dealkylation sites (N-methyl/N-ethyl adjacent to an activating group) is 2. The number of amides is 1. The number of primary amides is 1. The molecule has 0 bridgehead atoms. The van der Waals surface area contributed by atoms with E-state index in [1.54, 1.807) is 25.1 Å². The first-order valence-corrected chi connectivity index (χ1v) is 13.2. The maximum atomic E-state index is 14.1. The molecule has 6 N–H and O–H groups in total. The zero-order valence-corrected chi connectivity index (χ0v) is 23.1. The summed E-state index contributed by atoms with van der Waals surface area (Å²) >= 11 is 0. The summed E-state index contributed by atoms with van der Waals surface area (Å²) in [6.45, 7) is 8.64. The van der Waals surface area contributed by atoms with Gasteiger partial charge >= 0.3 is 0 Å². The smallest absolute Gasteiger partial charge is 0.230 e. The molecule has 1 saturated carbocycles. The van der Waals surface area contributed by atoms with E-state index in [1.165, 1.54) is 0 Å². The molecule has 39 heavy (non-hydrogen) atoms. The number of ketones is 2. The van der Waals surface area contributed by atoms with Crippen molar-refractivity contribution in [1.82, 2.24) is 9.80 Å². The van der Waals surface area contributed by atoms with Crippen molar-refractivity contribution in [2.75, 3.05) is 27.7 Å². The van der Waals surface area contributed by atoms with Gasteiger partial charge in [-0.25, -0.2) is 0 Å². The van der Waals surface area contributed by atoms with Gasteiger partial charge in [-0.1, -0.05) is 26.0 Å². The third-order valence-electron chi connectivity index (χ3n) is 8.71. The summed E-state index contributed by atoms with van der Waals surface area (Å²) in [5.41, 5.74) is 4.88. The standard InChI is InChI=1S/C29H39N3O7/c1-7-8-32(6)12-15-10-16(13(2)3)17-9-14-11-18-22(31(4)5)25(35)21(28(30)38)27(37)29(18,39)26(36)19(14)24(34)20(17)23(15)33/h7,10,13-14,18,21-22,25,33,35-36,39H,1,8-9,11-12H2,2-6H3,(H2,30,38)/t14-,18-,21?,22-,25?,29-/m0/s1. The number of fused-ring (bicyclic) bond motifs is 3. The van der Waals surface area contributed by atoms with Crippen LogP contribution in [0.2, 0.25) is 0 Å². The number of rotatable bonds is 7. The van der Waals surface area contributed by atoms with Crippen molar-refractivity contribution in [3.63, 3.8) is 0 Å². The van der Waals surface area contributed by atoms with Crippen molar-refractivity contribution in [1.29, 1.82) is 0 Å². The second-order valence-electron chi connectivity index (χ2n) is 11.8. The van der Waals surface area contributed by atoms with E-state index in [1.807, 2.05) is 31.9 Å². The van der Waals surface area contributed by atoms with Crippen LogP contribution in [-0.4, -0.2) is 93.1 Å². The van der Waals surface area contributed by atoms with E-state index < -0.39 is 58.7 Å². The molecule has 6 atom stereocenters. The van der Waals surface area contributed by atoms with Crippen LogP contribution in [0.15, 0.2) is 30.1 Å². The van der Waals surface area contributed by atoms with Gasteiger partial charge < -0.3 is 31.1 Å². The van der Waals surface area contributed by atoms with Gasteiger partial charge in [0, 0.05) is 36.2 Å². The molecule has 2 unspecified atom stereocenters. The number of carbonyl (C=O) groups excluding carboxylic acids is 3. The predicted octanol–water partition coefficient (Wildman–Crippen LogP) is 1.03. The highest BCUT2D eigenvalue weighted by atomic mass is 16.3. The number of Topliss-reactive ketones (excluding diaryl/α,β-unsaturated/α-hetero) is 2. The molecule has 10 heteroatoms. The molecule has 4 rings (SSSR count). The van der Waals surface area contributed by atoms with E-state index in [0.29, 0.717) is 30.6 Å². The lowest BCUT2D eigenvalue weighted by Crippen LogP contribution is -2.71. The van der Waals surface area contributed by atoms with Gasteiger partial charge in [-0.3, -0.25) is 19.3 Å². The van der Waals surface area contributed by atoms with Crippen LogP contribution in [-0.2, 0) is 22.6 Å². The minimum Gasteiger partial charge on any atom is -0.508 e. The third kappa shape index (κ3) is 4.30. The molecule has 3 aliphatic rings. The first-order chi connectivity index (χ1) is 18.2. The number of aromatic hydroxyl groups is 1. The molecule has 1 fully saturated rings. The Labute approximate surface area is 228 Å². The summed E-state index contributed by atoms with van der Waals surface area (Å²) in [7, 11) is 5.14. The third-order valence-corrected chi connectivity index (χ3v) is 8.71. The van der Waals surface area contributed by atoms with Gasteiger partial charge in [0.1, 0.15) is 17.4 Å². The molecule has 0 aromatic heterocycles. The maximum Gasteiger partial charge on any atom is 0.230 e. The summed E-state index contributed by atoms with van der Waals surface area (Å²) in [6, 6.07) is 1.01. The van der Waals surface area contributed by atoms with Crippen LogP contribution in [0.3, 0.4) is 0 Å². The van der Waals surface area contributed by atoms with Crippen LogP contribution in [0.4, 0.5) is 0 Å². The van der Waals surface area contributed by atoms with E-state index in [2.05, 4.69) is 6.58 Å². The van der Waals surface area contributed by atoms with Crippen molar-refractivity contribution in [2.24, 2.45) is 23.5 Å². The van der Waals surface area contributed by atoms with E-state index >= 15 is 0 Å². The van der Waals surface area contributed by atoms with Crippen molar-refractivity contribution in [3.05, 3.63) is 52.3 Å². The van der Waals surface area contributed by atoms with Crippen LogP contribution in [0.1, 0.15) is 53.2 Å². The Balaban J connectivity index is 1.93. The van der Waals surface area contributed by atoms with Crippen molar-refractivity contribution in [3.8, 4) is 5.75 Å². The number of nitrogens with zero attached hydrogens (tertiary/aromatic N) is 2. The van der Waals surface area contributed by atoms with Crippen LogP contribution in [0.25, 0.3) is 0 Å². The van der Waals surface area contributed by atoms with Gasteiger partial charge in [0.2, 0.25) is 5.91 Å². The molecule has 0 radical (unpaired) electrons. The lowest BCUT2D eigenvalue weighted by molar-refractivity contribution is -0.178. The molecular weight excluding hydrogens is 502 g/mol. The van der Waals surface area contributed by atoms with Crippen molar-refractivity contribution < 1.29 is 34.8 Å². The van der Waals surface area contributed by atoms with Crippen molar-refractivity contribution in [2.45, 2.75) is 56.9 Å². The Hall–Kier alpha value is -3.05. The number of hydrogen-bond donors (Lipinski definition) is 5. The second-order valence-corrected chi connectivity index (χ2v) is 11.8. The first kappa shape index (κ1) is 28.9. The minimum atomic E-state index is -2.59. The Morgan fingerprint density at radius 2 is 1.90 bits per heavy atom. The number of nitrogens with two attached hydrogens (primary N) is 1. The normalized spacial score (nSPS) is 30.5. The van der Waals surface area contributed by atoms with Gasteiger partial charge in [-0.05, 0) is 56.9 Å². The molecule has 0 spiro atoms. The summed E-state index contributed by atoms with van der Waals surface area (Å²) in [5, 5.41) is 45.6. The van der Waals surface area contributed by atoms with Gasteiger partial charge in [0.05, 0.1) is 11.7 Å². The van der Waals surface area contributed by atoms with Crippen LogP contribution in [0.5, 0.6) is 5.75 Å². The fraction of sp³-hybridized carbons (Fsp3) is 0.552. The van der Waals surface area contributed by atoms with Crippen LogP contribution in [0, 0.1) is 17.8 Å². The second kappa shape index (κ2) is 10.2. The lowest BCUT2D eigenvalue weighted by atomic mass is 9.55. The average molecular weight is 542 g/mol. The molecule has 10 nitrogen and oxygen atoms in total. The van der Waals surface area contributed by atoms with E-state index in [4.69, 9.17) is 5.73 Å². The molecule has 3 aliphatic carbocycles. The zero-order valence-electron chi connectivity index (χ0n) is 23.1. The largest absolute Gasteiger partial charge is 0.508 e. The van der Waals surface area contributed by atoms with Gasteiger partial charge in [-0.15, -0.1) is 6.58 Å². The zero-order chi connectivity index (χ0) is 29.1. The fourth-order valence-corrected chi connectivity index (χ4v) is 6.97. The molecule has 212 valence electrons. The van der Waals surface area contributed by atoms with E-state index in [0.717, 1.165) is 5.56 Å². The number of aliphatic hydroxyl groups is 3. The van der Waals surface area contributed by atoms with E-state index in [9.17, 15) is 34.8 Å². The Bertz CT molecular complexity index is 1270. The number of phenolic OH excluding ortho intramolecular Hbond substituents is 1. The SMILES string of the molecule is C=CCN(C)Cc1cc(C(C)C)c2c(c1O)C(=O)C1=C(O)[C@]3(O)C(=O)C(C(N)=O)C(O)[C@@H](N(C)C)[C@@H]3C[C@@H]1C2. The topological polar surface area (TPSA) is 165 Å². The fourth-order valence-electron chi connectivity index (χ4n) is 6.97. The number of benzene rings is 1. The molecule has 1 aromatic rings. The molecule has 0 heterocycles. The number of allylic oxidation sites excluding steroid dienone is 1. The highest BCUT2D eigenvalue weighted by Crippen LogP contribution is 2.53. The molecule has 0 aliphatic heterocycles. The maximum absolute atomic E-state index is 14.1.